The fourth-order valence-corrected chi connectivity index (χ4v) is 4.04. The van der Waals surface area contributed by atoms with Crippen molar-refractivity contribution in [1.29, 1.82) is 0 Å². The van der Waals surface area contributed by atoms with Crippen molar-refractivity contribution in [2.45, 2.75) is 45.6 Å². The largest absolute Gasteiger partial charge is 0.375 e. The lowest BCUT2D eigenvalue weighted by Crippen LogP contribution is -2.06. The summed E-state index contributed by atoms with van der Waals surface area (Å²) in [6.07, 6.45) is 5.03. The van der Waals surface area contributed by atoms with Crippen molar-refractivity contribution in [1.82, 2.24) is 0 Å². The second kappa shape index (κ2) is 5.57. The van der Waals surface area contributed by atoms with E-state index >= 15 is 0 Å². The van der Waals surface area contributed by atoms with Crippen LogP contribution in [0.15, 0.2) is 24.3 Å². The number of rotatable bonds is 3. The van der Waals surface area contributed by atoms with Crippen molar-refractivity contribution in [2.75, 3.05) is 5.32 Å². The average molecular weight is 289 g/mol. The Morgan fingerprint density at radius 2 is 2.00 bits per heavy atom. The van der Waals surface area contributed by atoms with Crippen LogP contribution in [0.3, 0.4) is 0 Å². The van der Waals surface area contributed by atoms with Gasteiger partial charge in [-0.15, -0.1) is 11.3 Å². The van der Waals surface area contributed by atoms with Crippen LogP contribution in [0.1, 0.15) is 46.7 Å². The van der Waals surface area contributed by atoms with Gasteiger partial charge in [0.2, 0.25) is 0 Å². The number of halogens is 1. The summed E-state index contributed by atoms with van der Waals surface area (Å²) in [7, 11) is 0. The zero-order valence-corrected chi connectivity index (χ0v) is 12.8. The number of anilines is 1. The van der Waals surface area contributed by atoms with Crippen molar-refractivity contribution in [3.63, 3.8) is 0 Å². The monoisotopic (exact) mass is 289 g/mol. The van der Waals surface area contributed by atoms with Gasteiger partial charge >= 0.3 is 0 Å². The van der Waals surface area contributed by atoms with Crippen LogP contribution in [0.4, 0.5) is 10.1 Å². The molecule has 0 aliphatic heterocycles. The van der Waals surface area contributed by atoms with E-state index in [1.807, 2.05) is 24.3 Å². The predicted molar refractivity (Wildman–Crippen MR) is 84.1 cm³/mol. The highest BCUT2D eigenvalue weighted by Gasteiger charge is 2.17. The lowest BCUT2D eigenvalue weighted by Gasteiger charge is -2.15. The third-order valence-electron chi connectivity index (χ3n) is 3.94. The van der Waals surface area contributed by atoms with E-state index in [0.29, 0.717) is 5.69 Å². The Morgan fingerprint density at radius 3 is 2.80 bits per heavy atom. The van der Waals surface area contributed by atoms with Crippen LogP contribution in [0.5, 0.6) is 0 Å². The Bertz CT molecular complexity index is 594. The van der Waals surface area contributed by atoms with Gasteiger partial charge in [0.15, 0.2) is 0 Å². The molecule has 0 amide bonds. The first-order valence-corrected chi connectivity index (χ1v) is 8.09. The van der Waals surface area contributed by atoms with E-state index in [9.17, 15) is 4.39 Å². The van der Waals surface area contributed by atoms with Crippen LogP contribution in [0.2, 0.25) is 0 Å². The molecule has 1 aromatic heterocycles. The molecule has 1 aliphatic carbocycles. The highest BCUT2D eigenvalue weighted by Crippen LogP contribution is 2.34. The summed E-state index contributed by atoms with van der Waals surface area (Å²) < 4.78 is 13.8. The smallest absolute Gasteiger partial charge is 0.146 e. The zero-order chi connectivity index (χ0) is 14.1. The summed E-state index contributed by atoms with van der Waals surface area (Å²) in [5.74, 6) is -0.177. The first kappa shape index (κ1) is 13.6. The molecular weight excluding hydrogens is 269 g/mol. The van der Waals surface area contributed by atoms with Crippen LogP contribution in [-0.2, 0) is 12.8 Å². The van der Waals surface area contributed by atoms with Crippen molar-refractivity contribution >= 4 is 17.0 Å². The quantitative estimate of drug-likeness (QED) is 0.814. The summed E-state index contributed by atoms with van der Waals surface area (Å²) in [5.41, 5.74) is 3.19. The number of aryl methyl sites for hydroxylation is 3. The number of thiophene rings is 1. The second-order valence-electron chi connectivity index (χ2n) is 5.65. The maximum absolute atomic E-state index is 13.8. The number of benzene rings is 1. The van der Waals surface area contributed by atoms with Crippen LogP contribution < -0.4 is 5.32 Å². The van der Waals surface area contributed by atoms with E-state index in [1.54, 1.807) is 6.07 Å². The third kappa shape index (κ3) is 2.73. The van der Waals surface area contributed by atoms with Crippen molar-refractivity contribution in [3.8, 4) is 0 Å². The van der Waals surface area contributed by atoms with Crippen molar-refractivity contribution < 1.29 is 4.39 Å². The summed E-state index contributed by atoms with van der Waals surface area (Å²) in [6.45, 7) is 4.10. The Morgan fingerprint density at radius 1 is 1.20 bits per heavy atom. The van der Waals surface area contributed by atoms with Crippen LogP contribution in [0.25, 0.3) is 0 Å². The molecule has 106 valence electrons. The molecule has 0 saturated carbocycles. The van der Waals surface area contributed by atoms with Gasteiger partial charge in [-0.25, -0.2) is 4.39 Å². The van der Waals surface area contributed by atoms with Gasteiger partial charge in [0.25, 0.3) is 0 Å². The Balaban J connectivity index is 1.80. The van der Waals surface area contributed by atoms with E-state index in [1.165, 1.54) is 47.1 Å². The Kier molecular flexibility index (Phi) is 3.79. The molecule has 0 bridgehead atoms. The Labute approximate surface area is 123 Å². The maximum Gasteiger partial charge on any atom is 0.146 e. The molecule has 1 aliphatic rings. The maximum atomic E-state index is 13.8. The van der Waals surface area contributed by atoms with Gasteiger partial charge < -0.3 is 5.32 Å². The molecule has 3 heteroatoms. The summed E-state index contributed by atoms with van der Waals surface area (Å²) in [5, 5.41) is 3.31. The molecule has 0 radical (unpaired) electrons. The van der Waals surface area contributed by atoms with Gasteiger partial charge in [-0.2, -0.15) is 0 Å². The summed E-state index contributed by atoms with van der Waals surface area (Å²) in [4.78, 5) is 2.85. The van der Waals surface area contributed by atoms with Crippen molar-refractivity contribution in [2.24, 2.45) is 0 Å². The van der Waals surface area contributed by atoms with E-state index in [-0.39, 0.29) is 11.9 Å². The van der Waals surface area contributed by atoms with Gasteiger partial charge in [0, 0.05) is 9.75 Å². The minimum atomic E-state index is -0.177. The fraction of sp³-hybridized carbons (Fsp3) is 0.412. The molecule has 0 spiro atoms. The molecule has 1 N–H and O–H groups in total. The number of hydrogen-bond donors (Lipinski definition) is 1. The minimum Gasteiger partial charge on any atom is -0.375 e. The van der Waals surface area contributed by atoms with E-state index in [0.717, 1.165) is 5.56 Å². The molecule has 0 fully saturated rings. The van der Waals surface area contributed by atoms with Gasteiger partial charge in [-0.1, -0.05) is 6.07 Å². The van der Waals surface area contributed by atoms with Crippen LogP contribution in [-0.4, -0.2) is 0 Å². The van der Waals surface area contributed by atoms with Gasteiger partial charge in [0.1, 0.15) is 5.82 Å². The highest BCUT2D eigenvalue weighted by atomic mass is 32.1. The van der Waals surface area contributed by atoms with E-state index in [4.69, 9.17) is 0 Å². The minimum absolute atomic E-state index is 0.155. The molecule has 1 aromatic carbocycles. The standard InChI is InChI=1S/C17H20FNS/c1-11-7-8-14(18)15(9-11)19-12(2)17-10-13-5-3-4-6-16(13)20-17/h7-10,12,19H,3-6H2,1-2H3. The first-order chi connectivity index (χ1) is 9.63. The molecule has 1 nitrogen and oxygen atoms in total. The molecule has 1 heterocycles. The normalized spacial score (nSPS) is 15.8. The molecule has 20 heavy (non-hydrogen) atoms. The molecule has 1 unspecified atom stereocenters. The molecular formula is C17H20FNS. The third-order valence-corrected chi connectivity index (χ3v) is 5.36. The first-order valence-electron chi connectivity index (χ1n) is 7.27. The number of hydrogen-bond acceptors (Lipinski definition) is 2. The summed E-state index contributed by atoms with van der Waals surface area (Å²) >= 11 is 1.89. The molecule has 0 saturated heterocycles. The van der Waals surface area contributed by atoms with Crippen molar-refractivity contribution in [3.05, 3.63) is 51.0 Å². The second-order valence-corrected chi connectivity index (χ2v) is 6.82. The van der Waals surface area contributed by atoms with Gasteiger partial charge in [-0.05, 0) is 68.9 Å². The molecule has 2 aromatic rings. The van der Waals surface area contributed by atoms with Crippen LogP contribution >= 0.6 is 11.3 Å². The average Bonchev–Trinajstić information content (AvgIpc) is 2.87. The van der Waals surface area contributed by atoms with Gasteiger partial charge in [-0.3, -0.25) is 0 Å². The van der Waals surface area contributed by atoms with E-state index in [2.05, 4.69) is 18.3 Å². The zero-order valence-electron chi connectivity index (χ0n) is 12.0. The predicted octanol–water partition coefficient (Wildman–Crippen LogP) is 5.25. The van der Waals surface area contributed by atoms with E-state index < -0.39 is 0 Å². The number of fused-ring (bicyclic) bond motifs is 1. The fourth-order valence-electron chi connectivity index (χ4n) is 2.78. The highest BCUT2D eigenvalue weighted by molar-refractivity contribution is 7.12. The molecule has 1 atom stereocenters. The summed E-state index contributed by atoms with van der Waals surface area (Å²) in [6, 6.07) is 7.67. The SMILES string of the molecule is Cc1ccc(F)c(NC(C)c2cc3c(s2)CCCC3)c1. The topological polar surface area (TPSA) is 12.0 Å². The molecule has 3 rings (SSSR count). The lowest BCUT2D eigenvalue weighted by molar-refractivity contribution is 0.627. The van der Waals surface area contributed by atoms with Gasteiger partial charge in [0.05, 0.1) is 11.7 Å². The van der Waals surface area contributed by atoms with Crippen LogP contribution in [0, 0.1) is 12.7 Å². The lowest BCUT2D eigenvalue weighted by atomic mass is 9.99. The Hall–Kier alpha value is -1.35. The number of nitrogens with one attached hydrogen (secondary N) is 1.